The van der Waals surface area contributed by atoms with Crippen LogP contribution in [0, 0.1) is 0 Å². The third kappa shape index (κ3) is 5.85. The van der Waals surface area contributed by atoms with Crippen LogP contribution in [0.4, 0.5) is 10.5 Å². The number of ether oxygens (including phenoxy) is 2. The highest BCUT2D eigenvalue weighted by Gasteiger charge is 2.34. The summed E-state index contributed by atoms with van der Waals surface area (Å²) in [6.07, 6.45) is 7.67. The fourth-order valence-corrected chi connectivity index (χ4v) is 3.80. The lowest BCUT2D eigenvalue weighted by Gasteiger charge is -2.24. The number of imide groups is 1. The van der Waals surface area contributed by atoms with E-state index in [1.54, 1.807) is 92.7 Å². The second-order valence-electron chi connectivity index (χ2n) is 8.02. The number of nitrogens with zero attached hydrogens (tertiary/aromatic N) is 3. The van der Waals surface area contributed by atoms with Gasteiger partial charge in [0.25, 0.3) is 11.5 Å². The van der Waals surface area contributed by atoms with E-state index in [-0.39, 0.29) is 36.1 Å². The molecule has 2 heterocycles. The first-order valence-electron chi connectivity index (χ1n) is 12.2. The molecule has 0 fully saturated rings. The van der Waals surface area contributed by atoms with Crippen LogP contribution in [0.3, 0.4) is 0 Å². The molecule has 0 saturated heterocycles. The Balaban J connectivity index is 1.67. The first-order valence-corrected chi connectivity index (χ1v) is 12.2. The summed E-state index contributed by atoms with van der Waals surface area (Å²) in [6.45, 7) is 3.92. The van der Waals surface area contributed by atoms with Crippen LogP contribution in [0.15, 0.2) is 105 Å². The highest BCUT2D eigenvalue weighted by Crippen LogP contribution is 2.22. The van der Waals surface area contributed by atoms with E-state index >= 15 is 0 Å². The Hall–Kier alpha value is -5.25. The summed E-state index contributed by atoms with van der Waals surface area (Å²) in [4.78, 5) is 59.1. The number of anilines is 1. The molecule has 1 aromatic heterocycles. The van der Waals surface area contributed by atoms with Crippen molar-refractivity contribution >= 4 is 29.6 Å². The zero-order valence-electron chi connectivity index (χ0n) is 21.4. The van der Waals surface area contributed by atoms with E-state index in [0.29, 0.717) is 11.4 Å². The lowest BCUT2D eigenvalue weighted by atomic mass is 10.1. The van der Waals surface area contributed by atoms with Crippen LogP contribution in [0.1, 0.15) is 19.4 Å². The van der Waals surface area contributed by atoms with E-state index in [0.717, 1.165) is 9.47 Å². The lowest BCUT2D eigenvalue weighted by Crippen LogP contribution is -2.43. The molecule has 1 aliphatic heterocycles. The summed E-state index contributed by atoms with van der Waals surface area (Å²) in [7, 11) is 0. The van der Waals surface area contributed by atoms with Crippen LogP contribution < -0.4 is 20.9 Å². The standard InChI is InChI=1S/C29H26N4O6/c1-3-38-24-22(26(34)32(28(36)30-24)20-14-8-5-9-15-20)18-12-7-13-19-23-25(39-4-2)31-29(37)33(27(23)35)21-16-10-6-11-17-21/h5-19H,3-4H2,1-2H3,(H,30,36)/b13-7+,18-12+,23-19+. The highest BCUT2D eigenvalue weighted by atomic mass is 16.5. The molecule has 0 bridgehead atoms. The molecule has 198 valence electrons. The number of nitrogens with one attached hydrogen (secondary N) is 1. The van der Waals surface area contributed by atoms with E-state index in [4.69, 9.17) is 9.47 Å². The van der Waals surface area contributed by atoms with Crippen LogP contribution >= 0.6 is 0 Å². The van der Waals surface area contributed by atoms with Gasteiger partial charge in [0.15, 0.2) is 0 Å². The Labute approximate surface area is 223 Å². The van der Waals surface area contributed by atoms with Gasteiger partial charge in [0.05, 0.1) is 24.6 Å². The molecule has 1 N–H and O–H groups in total. The molecular weight excluding hydrogens is 500 g/mol. The summed E-state index contributed by atoms with van der Waals surface area (Å²) in [5.74, 6) is -0.602. The average Bonchev–Trinajstić information content (AvgIpc) is 2.93. The molecule has 0 aliphatic carbocycles. The van der Waals surface area contributed by atoms with Gasteiger partial charge in [-0.15, -0.1) is 0 Å². The molecule has 1 aliphatic rings. The summed E-state index contributed by atoms with van der Waals surface area (Å²) in [5, 5.41) is 0. The molecule has 3 aromatic rings. The molecule has 0 unspecified atom stereocenters. The second kappa shape index (κ2) is 12.3. The Bertz CT molecular complexity index is 1600. The van der Waals surface area contributed by atoms with E-state index in [1.165, 1.54) is 12.2 Å². The number of aromatic nitrogens is 2. The number of rotatable bonds is 8. The van der Waals surface area contributed by atoms with Gasteiger partial charge in [0.2, 0.25) is 11.8 Å². The normalized spacial score (nSPS) is 14.9. The van der Waals surface area contributed by atoms with Crippen LogP contribution in [-0.2, 0) is 9.53 Å². The highest BCUT2D eigenvalue weighted by molar-refractivity contribution is 6.36. The number of hydrogen-bond acceptors (Lipinski definition) is 6. The first kappa shape index (κ1) is 26.8. The van der Waals surface area contributed by atoms with Crippen LogP contribution in [0.25, 0.3) is 11.8 Å². The Kier molecular flexibility index (Phi) is 8.47. The topological polar surface area (TPSA) is 123 Å². The molecule has 39 heavy (non-hydrogen) atoms. The first-order chi connectivity index (χ1) is 19.0. The molecule has 10 nitrogen and oxygen atoms in total. The molecule has 0 radical (unpaired) electrons. The van der Waals surface area contributed by atoms with E-state index in [9.17, 15) is 19.2 Å². The molecule has 0 saturated carbocycles. The number of amides is 3. The van der Waals surface area contributed by atoms with Gasteiger partial charge < -0.3 is 9.47 Å². The zero-order chi connectivity index (χ0) is 27.8. The lowest BCUT2D eigenvalue weighted by molar-refractivity contribution is -0.114. The number of carbonyl (C=O) groups excluding carboxylic acids is 2. The summed E-state index contributed by atoms with van der Waals surface area (Å²) >= 11 is 0. The van der Waals surface area contributed by atoms with Gasteiger partial charge in [0.1, 0.15) is 11.1 Å². The maximum atomic E-state index is 13.2. The number of allylic oxidation sites excluding steroid dienone is 4. The minimum Gasteiger partial charge on any atom is -0.479 e. The molecule has 2 aromatic carbocycles. The largest absolute Gasteiger partial charge is 0.479 e. The predicted molar refractivity (Wildman–Crippen MR) is 148 cm³/mol. The Morgan fingerprint density at radius 2 is 1.46 bits per heavy atom. The van der Waals surface area contributed by atoms with Gasteiger partial charge in [-0.25, -0.2) is 19.1 Å². The molecule has 4 rings (SSSR count). The minimum absolute atomic E-state index is 0.0490. The van der Waals surface area contributed by atoms with Crippen molar-refractivity contribution in [3.63, 3.8) is 0 Å². The fraction of sp³-hybridized carbons (Fsp3) is 0.138. The third-order valence-electron chi connectivity index (χ3n) is 5.50. The van der Waals surface area contributed by atoms with Crippen molar-refractivity contribution in [2.45, 2.75) is 13.8 Å². The summed E-state index contributed by atoms with van der Waals surface area (Å²) in [5.41, 5.74) is -0.139. The number of urea groups is 1. The van der Waals surface area contributed by atoms with Crippen molar-refractivity contribution in [2.75, 3.05) is 18.1 Å². The molecule has 0 atom stereocenters. The molecule has 0 spiro atoms. The van der Waals surface area contributed by atoms with Crippen LogP contribution in [0.2, 0.25) is 0 Å². The summed E-state index contributed by atoms with van der Waals surface area (Å²) in [6, 6.07) is 16.3. The van der Waals surface area contributed by atoms with Crippen molar-refractivity contribution < 1.29 is 19.1 Å². The van der Waals surface area contributed by atoms with E-state index < -0.39 is 23.2 Å². The van der Waals surface area contributed by atoms with Gasteiger partial charge >= 0.3 is 11.7 Å². The van der Waals surface area contributed by atoms with Crippen molar-refractivity contribution in [3.8, 4) is 11.6 Å². The van der Waals surface area contributed by atoms with Crippen LogP contribution in [-0.4, -0.2) is 40.6 Å². The molecule has 3 amide bonds. The number of aliphatic imine (C=N–C) groups is 1. The minimum atomic E-state index is -0.744. The zero-order valence-corrected chi connectivity index (χ0v) is 21.4. The Morgan fingerprint density at radius 1 is 0.821 bits per heavy atom. The number of carbonyl (C=O) groups is 2. The Morgan fingerprint density at radius 3 is 2.10 bits per heavy atom. The summed E-state index contributed by atoms with van der Waals surface area (Å²) < 4.78 is 12.0. The fourth-order valence-electron chi connectivity index (χ4n) is 3.80. The van der Waals surface area contributed by atoms with Gasteiger partial charge in [0, 0.05) is 0 Å². The third-order valence-corrected chi connectivity index (χ3v) is 5.50. The van der Waals surface area contributed by atoms with Crippen molar-refractivity contribution in [1.82, 2.24) is 9.55 Å². The van der Waals surface area contributed by atoms with Gasteiger partial charge in [-0.05, 0) is 50.3 Å². The molecule has 10 heteroatoms. The SMILES string of the molecule is CCOC1=NC(=O)N(c2ccccc2)C(=O)/C1=C/C=C/C=C/c1c(OCC)[nH]c(=O)n(-c2ccccc2)c1=O. The number of hydrogen-bond donors (Lipinski definition) is 1. The van der Waals surface area contributed by atoms with Crippen molar-refractivity contribution in [1.29, 1.82) is 0 Å². The smallest absolute Gasteiger partial charge is 0.358 e. The van der Waals surface area contributed by atoms with Gasteiger partial charge in [-0.2, -0.15) is 4.99 Å². The van der Waals surface area contributed by atoms with Gasteiger partial charge in [-0.1, -0.05) is 54.6 Å². The number of aromatic amines is 1. The van der Waals surface area contributed by atoms with E-state index in [1.807, 2.05) is 0 Å². The van der Waals surface area contributed by atoms with Crippen molar-refractivity contribution in [3.05, 3.63) is 117 Å². The number of para-hydroxylation sites is 2. The predicted octanol–water partition coefficient (Wildman–Crippen LogP) is 4.02. The van der Waals surface area contributed by atoms with E-state index in [2.05, 4.69) is 9.98 Å². The average molecular weight is 527 g/mol. The second-order valence-corrected chi connectivity index (χ2v) is 8.02. The van der Waals surface area contributed by atoms with Gasteiger partial charge in [-0.3, -0.25) is 14.6 Å². The molecular formula is C29H26N4O6. The maximum absolute atomic E-state index is 13.2. The van der Waals surface area contributed by atoms with Crippen molar-refractivity contribution in [2.24, 2.45) is 4.99 Å². The maximum Gasteiger partial charge on any atom is 0.358 e. The number of benzene rings is 2. The van der Waals surface area contributed by atoms with Crippen LogP contribution in [0.5, 0.6) is 5.88 Å². The monoisotopic (exact) mass is 526 g/mol. The number of H-pyrrole nitrogens is 1. The quantitative estimate of drug-likeness (QED) is 0.349.